The summed E-state index contributed by atoms with van der Waals surface area (Å²) in [4.78, 5) is 0. The predicted octanol–water partition coefficient (Wildman–Crippen LogP) is 5.24. The van der Waals surface area contributed by atoms with E-state index >= 15 is 0 Å². The normalized spacial score (nSPS) is 23.0. The lowest BCUT2D eigenvalue weighted by Crippen LogP contribution is -2.34. The van der Waals surface area contributed by atoms with Crippen LogP contribution in [0.2, 0.25) is 0 Å². The van der Waals surface area contributed by atoms with Crippen LogP contribution in [0.15, 0.2) is 24.3 Å². The van der Waals surface area contributed by atoms with Crippen LogP contribution in [0.3, 0.4) is 0 Å². The summed E-state index contributed by atoms with van der Waals surface area (Å²) in [6.45, 7) is 5.44. The van der Waals surface area contributed by atoms with Gasteiger partial charge in [0.05, 0.1) is 10.5 Å². The van der Waals surface area contributed by atoms with Crippen LogP contribution in [-0.4, -0.2) is 18.9 Å². The monoisotopic (exact) mass is 448 g/mol. The Morgan fingerprint density at radius 1 is 1.00 bits per heavy atom. The molecular weight excluding hydrogens is 419 g/mol. The second-order valence-electron chi connectivity index (χ2n) is 7.95. The molecule has 1 aromatic rings. The number of sulfone groups is 1. The fourth-order valence-corrected chi connectivity index (χ4v) is 5.08. The maximum Gasteiger partial charge on any atom is 0.155 e. The molecule has 23 heavy (non-hydrogen) atoms. The minimum absolute atomic E-state index is 0.369. The molecule has 0 N–H and O–H groups in total. The summed E-state index contributed by atoms with van der Waals surface area (Å²) >= 11 is 2.34. The van der Waals surface area contributed by atoms with Crippen LogP contribution in [0, 0.1) is 15.4 Å². The number of halogens is 1. The number of hydrogen-bond acceptors (Lipinski definition) is 2. The minimum Gasteiger partial charge on any atom is -0.228 e. The highest BCUT2D eigenvalue weighted by Gasteiger charge is 2.33. The van der Waals surface area contributed by atoms with E-state index in [0.29, 0.717) is 11.7 Å². The third-order valence-electron chi connectivity index (χ3n) is 5.11. The van der Waals surface area contributed by atoms with Crippen LogP contribution in [0.5, 0.6) is 0 Å². The lowest BCUT2D eigenvalue weighted by atomic mass is 9.80. The molecule has 4 heteroatoms. The SMILES string of the molecule is CC(C)(C)S(=O)(=O)CC1CCC(CCc2ccc(I)cc2)CC1. The third kappa shape index (κ3) is 5.73. The van der Waals surface area contributed by atoms with E-state index in [1.807, 2.05) is 20.8 Å². The molecule has 1 aliphatic carbocycles. The Hall–Kier alpha value is -0.100. The van der Waals surface area contributed by atoms with E-state index in [2.05, 4.69) is 46.9 Å². The van der Waals surface area contributed by atoms with E-state index in [9.17, 15) is 8.42 Å². The first-order valence-electron chi connectivity index (χ1n) is 8.64. The van der Waals surface area contributed by atoms with Gasteiger partial charge in [0.2, 0.25) is 0 Å². The first kappa shape index (κ1) is 19.2. The second-order valence-corrected chi connectivity index (χ2v) is 12.0. The molecule has 0 saturated heterocycles. The number of rotatable bonds is 5. The Morgan fingerprint density at radius 2 is 1.52 bits per heavy atom. The van der Waals surface area contributed by atoms with Crippen molar-refractivity contribution >= 4 is 32.4 Å². The van der Waals surface area contributed by atoms with Gasteiger partial charge >= 0.3 is 0 Å². The maximum absolute atomic E-state index is 12.3. The smallest absolute Gasteiger partial charge is 0.155 e. The Bertz CT molecular complexity index is 591. The minimum atomic E-state index is -2.97. The average Bonchev–Trinajstić information content (AvgIpc) is 2.47. The molecular formula is C19H29IO2S. The maximum atomic E-state index is 12.3. The van der Waals surface area contributed by atoms with Crippen molar-refractivity contribution in [3.05, 3.63) is 33.4 Å². The van der Waals surface area contributed by atoms with Crippen molar-refractivity contribution in [2.45, 2.75) is 64.0 Å². The third-order valence-corrected chi connectivity index (χ3v) is 8.60. The highest BCUT2D eigenvalue weighted by Crippen LogP contribution is 2.34. The Balaban J connectivity index is 1.77. The van der Waals surface area contributed by atoms with Crippen molar-refractivity contribution in [2.75, 3.05) is 5.75 Å². The molecule has 1 saturated carbocycles. The molecule has 0 aromatic heterocycles. The van der Waals surface area contributed by atoms with Gasteiger partial charge in [-0.05, 0) is 98.6 Å². The van der Waals surface area contributed by atoms with E-state index < -0.39 is 14.6 Å². The highest BCUT2D eigenvalue weighted by molar-refractivity contribution is 14.1. The molecule has 130 valence electrons. The molecule has 0 spiro atoms. The van der Waals surface area contributed by atoms with Gasteiger partial charge in [0.15, 0.2) is 9.84 Å². The van der Waals surface area contributed by atoms with Crippen molar-refractivity contribution < 1.29 is 8.42 Å². The molecule has 0 amide bonds. The summed E-state index contributed by atoms with van der Waals surface area (Å²) in [5.74, 6) is 1.51. The summed E-state index contributed by atoms with van der Waals surface area (Å²) < 4.78 is 25.3. The highest BCUT2D eigenvalue weighted by atomic mass is 127. The zero-order valence-electron chi connectivity index (χ0n) is 14.5. The van der Waals surface area contributed by atoms with Crippen molar-refractivity contribution in [2.24, 2.45) is 11.8 Å². The second kappa shape index (κ2) is 7.85. The van der Waals surface area contributed by atoms with Crippen molar-refractivity contribution in [1.82, 2.24) is 0 Å². The fourth-order valence-electron chi connectivity index (χ4n) is 3.27. The topological polar surface area (TPSA) is 34.1 Å². The van der Waals surface area contributed by atoms with E-state index in [1.54, 1.807) is 0 Å². The van der Waals surface area contributed by atoms with E-state index in [-0.39, 0.29) is 0 Å². The number of hydrogen-bond donors (Lipinski definition) is 0. The van der Waals surface area contributed by atoms with Gasteiger partial charge < -0.3 is 0 Å². The molecule has 1 aromatic carbocycles. The van der Waals surface area contributed by atoms with Crippen molar-refractivity contribution in [1.29, 1.82) is 0 Å². The first-order chi connectivity index (χ1) is 10.7. The number of aryl methyl sites for hydroxylation is 1. The van der Waals surface area contributed by atoms with Gasteiger partial charge in [-0.25, -0.2) is 8.42 Å². The molecule has 0 aliphatic heterocycles. The zero-order valence-corrected chi connectivity index (χ0v) is 17.5. The van der Waals surface area contributed by atoms with Gasteiger partial charge in [-0.2, -0.15) is 0 Å². The quantitative estimate of drug-likeness (QED) is 0.577. The van der Waals surface area contributed by atoms with Crippen LogP contribution in [-0.2, 0) is 16.3 Å². The van der Waals surface area contributed by atoms with Crippen molar-refractivity contribution in [3.63, 3.8) is 0 Å². The summed E-state index contributed by atoms with van der Waals surface area (Å²) in [5.41, 5.74) is 1.42. The molecule has 2 nitrogen and oxygen atoms in total. The predicted molar refractivity (Wildman–Crippen MR) is 106 cm³/mol. The van der Waals surface area contributed by atoms with Gasteiger partial charge in [0.1, 0.15) is 0 Å². The largest absolute Gasteiger partial charge is 0.228 e. The molecule has 1 fully saturated rings. The summed E-state index contributed by atoms with van der Waals surface area (Å²) in [7, 11) is -2.97. The average molecular weight is 448 g/mol. The van der Waals surface area contributed by atoms with E-state index in [1.165, 1.54) is 28.4 Å². The van der Waals surface area contributed by atoms with Gasteiger partial charge in [-0.1, -0.05) is 25.0 Å². The molecule has 0 radical (unpaired) electrons. The summed E-state index contributed by atoms with van der Waals surface area (Å²) in [6.07, 6.45) is 6.91. The van der Waals surface area contributed by atoms with E-state index in [4.69, 9.17) is 0 Å². The zero-order chi connectivity index (χ0) is 17.1. The molecule has 0 atom stereocenters. The number of benzene rings is 1. The van der Waals surface area contributed by atoms with Gasteiger partial charge in [-0.15, -0.1) is 0 Å². The lowest BCUT2D eigenvalue weighted by Gasteiger charge is -2.30. The van der Waals surface area contributed by atoms with Crippen LogP contribution < -0.4 is 0 Å². The van der Waals surface area contributed by atoms with Gasteiger partial charge in [0.25, 0.3) is 0 Å². The van der Waals surface area contributed by atoms with Crippen LogP contribution in [0.1, 0.15) is 58.4 Å². The van der Waals surface area contributed by atoms with Gasteiger partial charge in [0, 0.05) is 3.57 Å². The van der Waals surface area contributed by atoms with Crippen LogP contribution >= 0.6 is 22.6 Å². The fraction of sp³-hybridized carbons (Fsp3) is 0.684. The molecule has 1 aliphatic rings. The molecule has 0 bridgehead atoms. The molecule has 0 unspecified atom stereocenters. The van der Waals surface area contributed by atoms with Crippen LogP contribution in [0.4, 0.5) is 0 Å². The lowest BCUT2D eigenvalue weighted by molar-refractivity contribution is 0.278. The Kier molecular flexibility index (Phi) is 6.57. The molecule has 0 heterocycles. The van der Waals surface area contributed by atoms with Crippen LogP contribution in [0.25, 0.3) is 0 Å². The summed E-state index contributed by atoms with van der Waals surface area (Å²) in [6, 6.07) is 8.79. The molecule has 2 rings (SSSR count). The summed E-state index contributed by atoms with van der Waals surface area (Å²) in [5, 5.41) is 0. The van der Waals surface area contributed by atoms with Crippen molar-refractivity contribution in [3.8, 4) is 0 Å². The van der Waals surface area contributed by atoms with E-state index in [0.717, 1.165) is 25.2 Å². The Labute approximate surface area is 155 Å². The standard InChI is InChI=1S/C19H29IO2S/c1-19(2,3)23(21,22)14-17-8-6-15(7-9-17)4-5-16-10-12-18(20)13-11-16/h10-13,15,17H,4-9,14H2,1-3H3. The Morgan fingerprint density at radius 3 is 2.04 bits per heavy atom. The first-order valence-corrected chi connectivity index (χ1v) is 11.4. The van der Waals surface area contributed by atoms with Gasteiger partial charge in [-0.3, -0.25) is 0 Å².